The van der Waals surface area contributed by atoms with E-state index >= 15 is 0 Å². The second kappa shape index (κ2) is 20.1. The Bertz CT molecular complexity index is 2240. The zero-order valence-corrected chi connectivity index (χ0v) is 33.0. The van der Waals surface area contributed by atoms with Crippen LogP contribution in [-0.4, -0.2) is 0 Å². The third-order valence-electron chi connectivity index (χ3n) is 9.57. The van der Waals surface area contributed by atoms with Crippen LogP contribution in [0, 0.1) is 38.0 Å². The van der Waals surface area contributed by atoms with Crippen molar-refractivity contribution < 1.29 is 0 Å². The van der Waals surface area contributed by atoms with Crippen molar-refractivity contribution in [1.29, 1.82) is 0 Å². The van der Waals surface area contributed by atoms with Gasteiger partial charge in [-0.3, -0.25) is 0 Å². The van der Waals surface area contributed by atoms with E-state index in [0.717, 1.165) is 97.6 Å². The average molecular weight is 704 g/mol. The summed E-state index contributed by atoms with van der Waals surface area (Å²) in [6.07, 6.45) is 23.4. The number of aryl methyl sites for hydroxylation is 2. The van der Waals surface area contributed by atoms with Crippen molar-refractivity contribution in [2.24, 2.45) is 0 Å². The summed E-state index contributed by atoms with van der Waals surface area (Å²) in [4.78, 5) is 2.29. The summed E-state index contributed by atoms with van der Waals surface area (Å²) in [6.45, 7) is 25.1. The van der Waals surface area contributed by atoms with Crippen LogP contribution < -0.4 is 4.90 Å². The van der Waals surface area contributed by atoms with Gasteiger partial charge in [-0.25, -0.2) is 0 Å². The van der Waals surface area contributed by atoms with Crippen molar-refractivity contribution in [2.45, 2.75) is 60.8 Å². The third-order valence-corrected chi connectivity index (χ3v) is 9.57. The van der Waals surface area contributed by atoms with Gasteiger partial charge in [0.2, 0.25) is 0 Å². The highest BCUT2D eigenvalue weighted by atomic mass is 15.1. The Morgan fingerprint density at radius 1 is 0.852 bits per heavy atom. The minimum Gasteiger partial charge on any atom is -0.310 e. The zero-order chi connectivity index (χ0) is 39.0. The molecule has 0 bridgehead atoms. The number of hydrogen-bond donors (Lipinski definition) is 0. The van der Waals surface area contributed by atoms with Gasteiger partial charge in [0.1, 0.15) is 0 Å². The number of hydrogen-bond acceptors (Lipinski definition) is 1. The van der Waals surface area contributed by atoms with Gasteiger partial charge in [0.25, 0.3) is 0 Å². The molecule has 4 aromatic rings. The summed E-state index contributed by atoms with van der Waals surface area (Å²) < 4.78 is 0. The predicted octanol–water partition coefficient (Wildman–Crippen LogP) is 14.1. The quantitative estimate of drug-likeness (QED) is 0.0933. The number of benzene rings is 4. The minimum atomic E-state index is 0.838. The van der Waals surface area contributed by atoms with Crippen LogP contribution in [0.2, 0.25) is 0 Å². The molecule has 0 heterocycles. The van der Waals surface area contributed by atoms with E-state index in [1.165, 1.54) is 5.56 Å². The number of para-hydroxylation sites is 1. The Labute approximate surface area is 325 Å². The van der Waals surface area contributed by atoms with Gasteiger partial charge in [-0.1, -0.05) is 154 Å². The van der Waals surface area contributed by atoms with Crippen molar-refractivity contribution in [3.05, 3.63) is 208 Å². The van der Waals surface area contributed by atoms with Crippen LogP contribution in [0.4, 0.5) is 11.4 Å². The number of rotatable bonds is 14. The minimum absolute atomic E-state index is 0.838. The Hall–Kier alpha value is -6.28. The first-order valence-corrected chi connectivity index (χ1v) is 18.7. The first-order valence-electron chi connectivity index (χ1n) is 18.7. The molecule has 0 aliphatic rings. The fraction of sp³-hybridized carbons (Fsp3) is 0.170. The smallest absolute Gasteiger partial charge is 0.0493 e. The van der Waals surface area contributed by atoms with E-state index in [-0.39, 0.29) is 0 Å². The number of unbranched alkanes of at least 4 members (excludes halogenated alkanes) is 1. The fourth-order valence-corrected chi connectivity index (χ4v) is 6.65. The van der Waals surface area contributed by atoms with E-state index in [0.29, 0.717) is 0 Å². The molecule has 0 amide bonds. The van der Waals surface area contributed by atoms with E-state index in [1.54, 1.807) is 12.2 Å². The molecule has 0 unspecified atom stereocenters. The van der Waals surface area contributed by atoms with Gasteiger partial charge in [0.05, 0.1) is 0 Å². The van der Waals surface area contributed by atoms with Crippen molar-refractivity contribution >= 4 is 28.7 Å². The van der Waals surface area contributed by atoms with Crippen molar-refractivity contribution in [2.75, 3.05) is 4.90 Å². The number of terminal acetylenes is 1. The van der Waals surface area contributed by atoms with Crippen LogP contribution in [0.1, 0.15) is 79.5 Å². The molecular formula is C53H53N. The van der Waals surface area contributed by atoms with Gasteiger partial charge in [-0.15, -0.1) is 6.42 Å². The molecular weight excluding hydrogens is 651 g/mol. The second-order valence-electron chi connectivity index (χ2n) is 13.3. The summed E-state index contributed by atoms with van der Waals surface area (Å²) in [5.74, 6) is 9.39. The van der Waals surface area contributed by atoms with Crippen LogP contribution in [0.3, 0.4) is 0 Å². The molecule has 270 valence electrons. The summed E-state index contributed by atoms with van der Waals surface area (Å²) in [7, 11) is 0. The van der Waals surface area contributed by atoms with Gasteiger partial charge in [0.15, 0.2) is 0 Å². The lowest BCUT2D eigenvalue weighted by Crippen LogP contribution is -2.16. The molecule has 0 N–H and O–H groups in total. The van der Waals surface area contributed by atoms with Gasteiger partial charge in [0, 0.05) is 33.8 Å². The summed E-state index contributed by atoms with van der Waals surface area (Å²) >= 11 is 0. The number of nitrogens with zero attached hydrogens (tertiary/aromatic N) is 1. The van der Waals surface area contributed by atoms with Crippen molar-refractivity contribution in [3.63, 3.8) is 0 Å². The maximum absolute atomic E-state index is 6.38. The van der Waals surface area contributed by atoms with Gasteiger partial charge in [-0.2, -0.15) is 0 Å². The Morgan fingerprint density at radius 3 is 2.20 bits per heavy atom. The predicted molar refractivity (Wildman–Crippen MR) is 238 cm³/mol. The molecule has 0 atom stereocenters. The molecule has 4 rings (SSSR count). The van der Waals surface area contributed by atoms with Crippen molar-refractivity contribution in [1.82, 2.24) is 0 Å². The standard InChI is InChI=1S/C53H53N/c1-11-16-25-45-29-22-23-31-52(45)54(43(10)44-27-20-19-21-28-44)49-36-34-46(35-37-49)53(50(15-5)39(6)24-14-4)42(9)47(26-17-12-2)38-48-33-32-40(7)51(41(48)8)30-18-13-3/h5,12-14,17,19-24,26-29,31-38H,2-3,10-11,16,25H2,1,4,6-9H3/b24-14-,26-17-,47-38+,50-39+,53-42-. The first-order chi connectivity index (χ1) is 26.2. The summed E-state index contributed by atoms with van der Waals surface area (Å²) in [5, 5.41) is 0. The zero-order valence-electron chi connectivity index (χ0n) is 33.0. The molecule has 0 saturated carbocycles. The molecule has 1 heteroatoms. The van der Waals surface area contributed by atoms with Crippen LogP contribution in [0.25, 0.3) is 17.3 Å². The lowest BCUT2D eigenvalue weighted by atomic mass is 9.86. The summed E-state index contributed by atoms with van der Waals surface area (Å²) in [5.41, 5.74) is 15.7. The average Bonchev–Trinajstić information content (AvgIpc) is 3.19. The molecule has 1 nitrogen and oxygen atoms in total. The number of anilines is 2. The third kappa shape index (κ3) is 9.77. The van der Waals surface area contributed by atoms with Crippen LogP contribution in [-0.2, 0) is 6.42 Å². The maximum atomic E-state index is 6.38. The van der Waals surface area contributed by atoms with E-state index in [1.807, 2.05) is 25.1 Å². The van der Waals surface area contributed by atoms with E-state index < -0.39 is 0 Å². The van der Waals surface area contributed by atoms with Crippen LogP contribution in [0.15, 0.2) is 169 Å². The highest BCUT2D eigenvalue weighted by Crippen LogP contribution is 2.39. The van der Waals surface area contributed by atoms with E-state index in [2.05, 4.69) is 180 Å². The first kappa shape index (κ1) is 40.5. The number of allylic oxidation sites excluding steroid dienone is 11. The molecule has 54 heavy (non-hydrogen) atoms. The van der Waals surface area contributed by atoms with Gasteiger partial charge in [-0.05, 0) is 128 Å². The van der Waals surface area contributed by atoms with Gasteiger partial charge >= 0.3 is 0 Å². The maximum Gasteiger partial charge on any atom is 0.0493 e. The summed E-state index contributed by atoms with van der Waals surface area (Å²) in [6, 6.07) is 32.1. The largest absolute Gasteiger partial charge is 0.310 e. The normalized spacial score (nSPS) is 12.4. The molecule has 0 aliphatic heterocycles. The second-order valence-corrected chi connectivity index (χ2v) is 13.3. The molecule has 0 aliphatic carbocycles. The molecule has 0 spiro atoms. The Kier molecular flexibility index (Phi) is 15.1. The molecule has 4 aromatic carbocycles. The SMILES string of the molecule is C#CC(/C(=C(C)\C(\C=C/C=C)=C\c1ccc(C)c(C#CC=C)c1C)c1ccc(N(C(=C)c2ccccc2)c2ccccc2CCCC)cc1)=C(C)\C=C/C. The van der Waals surface area contributed by atoms with E-state index in [9.17, 15) is 0 Å². The highest BCUT2D eigenvalue weighted by molar-refractivity contribution is 5.92. The van der Waals surface area contributed by atoms with Crippen LogP contribution >= 0.6 is 0 Å². The highest BCUT2D eigenvalue weighted by Gasteiger charge is 2.20. The molecule has 0 fully saturated rings. The van der Waals surface area contributed by atoms with Crippen LogP contribution in [0.5, 0.6) is 0 Å². The topological polar surface area (TPSA) is 3.24 Å². The van der Waals surface area contributed by atoms with E-state index in [4.69, 9.17) is 6.42 Å². The lowest BCUT2D eigenvalue weighted by molar-refractivity contribution is 0.795. The molecule has 0 radical (unpaired) electrons. The van der Waals surface area contributed by atoms with Crippen molar-refractivity contribution in [3.8, 4) is 24.2 Å². The monoisotopic (exact) mass is 703 g/mol. The fourth-order valence-electron chi connectivity index (χ4n) is 6.65. The van der Waals surface area contributed by atoms with Gasteiger partial charge < -0.3 is 4.90 Å². The Morgan fingerprint density at radius 2 is 1.56 bits per heavy atom. The Balaban J connectivity index is 2.00. The molecule has 0 saturated heterocycles. The molecule has 0 aromatic heterocycles. The lowest BCUT2D eigenvalue weighted by Gasteiger charge is -2.30.